The fourth-order valence-corrected chi connectivity index (χ4v) is 4.58. The first-order valence-corrected chi connectivity index (χ1v) is 13.1. The lowest BCUT2D eigenvalue weighted by Gasteiger charge is -2.23. The molecular formula is C25H34N3O6P. The Labute approximate surface area is 206 Å². The maximum Gasteiger partial charge on any atom is 0.307 e. The van der Waals surface area contributed by atoms with Crippen molar-refractivity contribution in [2.24, 2.45) is 0 Å². The topological polar surface area (TPSA) is 109 Å². The van der Waals surface area contributed by atoms with E-state index in [1.807, 2.05) is 50.9 Å². The molecule has 0 fully saturated rings. The highest BCUT2D eigenvalue weighted by molar-refractivity contribution is 7.59. The lowest BCUT2D eigenvalue weighted by atomic mass is 9.97. The number of ether oxygens (including phenoxy) is 1. The zero-order valence-electron chi connectivity index (χ0n) is 21.0. The number of aromatic nitrogens is 2. The summed E-state index contributed by atoms with van der Waals surface area (Å²) in [5.41, 5.74) is 3.09. The quantitative estimate of drug-likeness (QED) is 0.326. The van der Waals surface area contributed by atoms with E-state index in [0.29, 0.717) is 28.3 Å². The Bertz CT molecular complexity index is 1240. The molecule has 1 heterocycles. The van der Waals surface area contributed by atoms with Gasteiger partial charge in [-0.3, -0.25) is 4.57 Å². The van der Waals surface area contributed by atoms with Crippen LogP contribution in [-0.4, -0.2) is 58.3 Å². The molecule has 3 aromatic rings. The Hall–Kier alpha value is -3.13. The van der Waals surface area contributed by atoms with Crippen LogP contribution in [0.4, 0.5) is 5.69 Å². The number of imidazole rings is 1. The molecule has 0 amide bonds. The molecule has 0 saturated carbocycles. The van der Waals surface area contributed by atoms with Gasteiger partial charge >= 0.3 is 13.6 Å². The van der Waals surface area contributed by atoms with Gasteiger partial charge in [-0.05, 0) is 55.9 Å². The predicted molar refractivity (Wildman–Crippen MR) is 140 cm³/mol. The predicted octanol–water partition coefficient (Wildman–Crippen LogP) is 5.14. The number of rotatable bonds is 10. The molecule has 35 heavy (non-hydrogen) atoms. The molecule has 0 spiro atoms. The second-order valence-electron chi connectivity index (χ2n) is 8.36. The second-order valence-corrected chi connectivity index (χ2v) is 10.1. The van der Waals surface area contributed by atoms with Crippen LogP contribution >= 0.6 is 7.57 Å². The fraction of sp³-hybridized carbons (Fsp3) is 0.360. The number of nitrogens with zero attached hydrogens (tertiary/aromatic N) is 3. The zero-order chi connectivity index (χ0) is 25.9. The van der Waals surface area contributed by atoms with Gasteiger partial charge in [-0.25, -0.2) is 4.98 Å². The number of methoxy groups -OCH3 is 1. The van der Waals surface area contributed by atoms with Crippen LogP contribution in [0.3, 0.4) is 0 Å². The molecule has 190 valence electrons. The van der Waals surface area contributed by atoms with Crippen LogP contribution in [0, 0.1) is 0 Å². The van der Waals surface area contributed by atoms with E-state index in [-0.39, 0.29) is 30.0 Å². The van der Waals surface area contributed by atoms with E-state index in [2.05, 4.69) is 11.3 Å². The minimum Gasteiger partial charge on any atom is -0.508 e. The summed E-state index contributed by atoms with van der Waals surface area (Å²) in [5, 5.41) is 21.1. The Morgan fingerprint density at radius 2 is 1.86 bits per heavy atom. The third-order valence-electron chi connectivity index (χ3n) is 5.63. The molecule has 2 aromatic carbocycles. The van der Waals surface area contributed by atoms with E-state index < -0.39 is 7.57 Å². The van der Waals surface area contributed by atoms with E-state index >= 15 is 0 Å². The van der Waals surface area contributed by atoms with E-state index in [1.165, 1.54) is 12.3 Å². The maximum atomic E-state index is 10.8. The summed E-state index contributed by atoms with van der Waals surface area (Å²) in [6.45, 7) is 8.62. The van der Waals surface area contributed by atoms with Crippen molar-refractivity contribution < 1.29 is 28.9 Å². The van der Waals surface area contributed by atoms with Crippen LogP contribution in [0.25, 0.3) is 16.9 Å². The minimum absolute atomic E-state index is 0.00879. The molecular weight excluding hydrogens is 469 g/mol. The number of aromatic hydroxyl groups is 2. The smallest absolute Gasteiger partial charge is 0.307 e. The van der Waals surface area contributed by atoms with Gasteiger partial charge in [0, 0.05) is 25.2 Å². The fourth-order valence-electron chi connectivity index (χ4n) is 3.74. The third kappa shape index (κ3) is 5.59. The van der Waals surface area contributed by atoms with Gasteiger partial charge in [-0.1, -0.05) is 13.8 Å². The molecule has 0 saturated heterocycles. The number of benzene rings is 2. The molecule has 10 heteroatoms. The highest BCUT2D eigenvalue weighted by atomic mass is 31.2. The SMILES string of the molecule is C=P(O)(OCC)Oc1ncc(-c2cc(C(C)C)c(O)cc2O)n1-c1ccc(OC)c(N(C)CC)c1. The Balaban J connectivity index is 2.30. The van der Waals surface area contributed by atoms with Gasteiger partial charge in [-0.15, -0.1) is 0 Å². The molecule has 0 aliphatic rings. The monoisotopic (exact) mass is 503 g/mol. The van der Waals surface area contributed by atoms with E-state index in [0.717, 1.165) is 12.2 Å². The molecule has 1 atom stereocenters. The van der Waals surface area contributed by atoms with Crippen molar-refractivity contribution in [3.63, 3.8) is 0 Å². The Morgan fingerprint density at radius 3 is 2.46 bits per heavy atom. The molecule has 9 nitrogen and oxygen atoms in total. The van der Waals surface area contributed by atoms with Crippen molar-refractivity contribution in [3.8, 4) is 40.2 Å². The number of phenols is 2. The molecule has 3 N–H and O–H groups in total. The summed E-state index contributed by atoms with van der Waals surface area (Å²) in [7, 11) is 0.0981. The summed E-state index contributed by atoms with van der Waals surface area (Å²) < 4.78 is 18.3. The summed E-state index contributed by atoms with van der Waals surface area (Å²) in [6, 6.07) is 8.65. The summed E-state index contributed by atoms with van der Waals surface area (Å²) in [6.07, 6.45) is 5.22. The molecule has 0 bridgehead atoms. The number of phenolic OH excluding ortho intramolecular Hbond substituents is 2. The first kappa shape index (κ1) is 26.5. The van der Waals surface area contributed by atoms with Crippen LogP contribution in [0.15, 0.2) is 36.5 Å². The third-order valence-corrected chi connectivity index (χ3v) is 6.74. The normalized spacial score (nSPS) is 13.0. The highest BCUT2D eigenvalue weighted by Gasteiger charge is 2.24. The Morgan fingerprint density at radius 1 is 1.14 bits per heavy atom. The van der Waals surface area contributed by atoms with Crippen LogP contribution in [0.5, 0.6) is 23.3 Å². The van der Waals surface area contributed by atoms with Crippen molar-refractivity contribution in [3.05, 3.63) is 42.1 Å². The molecule has 1 aromatic heterocycles. The van der Waals surface area contributed by atoms with Crippen molar-refractivity contribution in [1.29, 1.82) is 0 Å². The second kappa shape index (κ2) is 10.6. The standard InChI is InChI=1S/C25H34N3O6P/c1-8-27(5)20-12-17(10-11-24(20)32-6)28-21(15-26-25(28)34-35(7,31)33-9-2)19-13-18(16(3)4)22(29)14-23(19)30/h10-16,29-31H,7-9H2,1-6H3. The van der Waals surface area contributed by atoms with Gasteiger partial charge in [0.05, 0.1) is 37.0 Å². The molecule has 3 rings (SSSR count). The zero-order valence-corrected chi connectivity index (χ0v) is 21.9. The van der Waals surface area contributed by atoms with Gasteiger partial charge in [-0.2, -0.15) is 0 Å². The van der Waals surface area contributed by atoms with Crippen molar-refractivity contribution in [2.75, 3.05) is 32.2 Å². The van der Waals surface area contributed by atoms with Gasteiger partial charge in [0.1, 0.15) is 17.2 Å². The number of anilines is 1. The minimum atomic E-state index is -3.46. The Kier molecular flexibility index (Phi) is 8.05. The average Bonchev–Trinajstić information content (AvgIpc) is 3.20. The van der Waals surface area contributed by atoms with E-state index in [9.17, 15) is 15.1 Å². The van der Waals surface area contributed by atoms with Crippen LogP contribution in [0.1, 0.15) is 39.2 Å². The summed E-state index contributed by atoms with van der Waals surface area (Å²) in [5.74, 6) is 0.589. The highest BCUT2D eigenvalue weighted by Crippen LogP contribution is 2.46. The maximum absolute atomic E-state index is 10.8. The van der Waals surface area contributed by atoms with E-state index in [1.54, 1.807) is 24.7 Å². The van der Waals surface area contributed by atoms with Gasteiger partial charge in [0.2, 0.25) is 0 Å². The summed E-state index contributed by atoms with van der Waals surface area (Å²) >= 11 is 0. The van der Waals surface area contributed by atoms with Gasteiger partial charge in [0.15, 0.2) is 0 Å². The van der Waals surface area contributed by atoms with Crippen molar-refractivity contribution in [2.45, 2.75) is 33.6 Å². The van der Waals surface area contributed by atoms with Crippen LogP contribution in [-0.2, 0) is 4.52 Å². The van der Waals surface area contributed by atoms with Crippen molar-refractivity contribution >= 4 is 19.6 Å². The molecule has 0 radical (unpaired) electrons. The first-order chi connectivity index (χ1) is 16.5. The first-order valence-electron chi connectivity index (χ1n) is 11.4. The van der Waals surface area contributed by atoms with E-state index in [4.69, 9.17) is 13.8 Å². The summed E-state index contributed by atoms with van der Waals surface area (Å²) in [4.78, 5) is 17.0. The molecule has 1 unspecified atom stereocenters. The lowest BCUT2D eigenvalue weighted by Crippen LogP contribution is -2.17. The van der Waals surface area contributed by atoms with Crippen LogP contribution in [0.2, 0.25) is 0 Å². The van der Waals surface area contributed by atoms with Gasteiger partial charge < -0.3 is 33.8 Å². The average molecular weight is 504 g/mol. The number of hydrogen-bond donors (Lipinski definition) is 3. The lowest BCUT2D eigenvalue weighted by molar-refractivity contribution is 0.263. The van der Waals surface area contributed by atoms with Gasteiger partial charge in [0.25, 0.3) is 0 Å². The molecule has 0 aliphatic heterocycles. The number of hydrogen-bond acceptors (Lipinski definition) is 8. The van der Waals surface area contributed by atoms with Crippen LogP contribution < -0.4 is 14.2 Å². The molecule has 0 aliphatic carbocycles. The largest absolute Gasteiger partial charge is 0.508 e. The van der Waals surface area contributed by atoms with Crippen molar-refractivity contribution in [1.82, 2.24) is 9.55 Å².